The quantitative estimate of drug-likeness (QED) is 0.846. The molecule has 3 rings (SSSR count). The minimum absolute atomic E-state index is 0.273. The van der Waals surface area contributed by atoms with Crippen LogP contribution in [0.3, 0.4) is 0 Å². The summed E-state index contributed by atoms with van der Waals surface area (Å²) in [5.41, 5.74) is 0. The minimum atomic E-state index is 0.273. The zero-order valence-corrected chi connectivity index (χ0v) is 12.6. The van der Waals surface area contributed by atoms with Crippen LogP contribution in [0.15, 0.2) is 18.5 Å². The predicted octanol–water partition coefficient (Wildman–Crippen LogP) is 0.0553. The summed E-state index contributed by atoms with van der Waals surface area (Å²) in [6.45, 7) is 7.62. The van der Waals surface area contributed by atoms with E-state index in [2.05, 4.69) is 24.7 Å². The van der Waals surface area contributed by atoms with Gasteiger partial charge in [-0.1, -0.05) is 0 Å². The predicted molar refractivity (Wildman–Crippen MR) is 82.4 cm³/mol. The number of hydrogen-bond acceptors (Lipinski definition) is 6. The average molecular weight is 291 g/mol. The van der Waals surface area contributed by atoms with Gasteiger partial charge in [-0.25, -0.2) is 9.97 Å². The molecule has 0 aromatic carbocycles. The van der Waals surface area contributed by atoms with Gasteiger partial charge in [0.25, 0.3) is 0 Å². The third-order valence-corrected chi connectivity index (χ3v) is 4.64. The van der Waals surface area contributed by atoms with Crippen molar-refractivity contribution in [2.75, 3.05) is 57.3 Å². The van der Waals surface area contributed by atoms with Crippen LogP contribution in [0.5, 0.6) is 0 Å². The molecule has 1 aromatic rings. The number of β-amino-alcohol motifs (C(OH)–C–C–N with tert-alkyl or cyclic N) is 1. The highest BCUT2D eigenvalue weighted by Crippen LogP contribution is 2.20. The van der Waals surface area contributed by atoms with Crippen LogP contribution in [-0.4, -0.2) is 83.3 Å². The Hall–Kier alpha value is -1.24. The Labute approximate surface area is 126 Å². The number of nitrogens with zero attached hydrogens (tertiary/aromatic N) is 5. The fraction of sp³-hybridized carbons (Fsp3) is 0.733. The maximum atomic E-state index is 9.00. The van der Waals surface area contributed by atoms with Crippen LogP contribution in [0.2, 0.25) is 0 Å². The molecule has 2 fully saturated rings. The first kappa shape index (κ1) is 14.7. The van der Waals surface area contributed by atoms with Crippen LogP contribution >= 0.6 is 0 Å². The Morgan fingerprint density at radius 3 is 2.29 bits per heavy atom. The molecule has 21 heavy (non-hydrogen) atoms. The molecule has 2 aliphatic heterocycles. The molecule has 116 valence electrons. The second-order valence-electron chi connectivity index (χ2n) is 5.87. The molecule has 6 heteroatoms. The molecule has 0 bridgehead atoms. The molecule has 2 aliphatic rings. The van der Waals surface area contributed by atoms with Gasteiger partial charge in [0, 0.05) is 64.2 Å². The van der Waals surface area contributed by atoms with Crippen molar-refractivity contribution in [1.29, 1.82) is 0 Å². The van der Waals surface area contributed by atoms with Crippen LogP contribution in [0.25, 0.3) is 0 Å². The topological polar surface area (TPSA) is 55.7 Å². The first-order valence-corrected chi connectivity index (χ1v) is 7.96. The molecule has 2 saturated heterocycles. The zero-order chi connectivity index (χ0) is 14.5. The minimum Gasteiger partial charge on any atom is -0.395 e. The molecule has 0 spiro atoms. The van der Waals surface area contributed by atoms with E-state index in [1.807, 2.05) is 18.5 Å². The van der Waals surface area contributed by atoms with E-state index in [-0.39, 0.29) is 6.61 Å². The number of aliphatic hydroxyl groups is 1. The Balaban J connectivity index is 1.46. The highest BCUT2D eigenvalue weighted by atomic mass is 16.3. The molecule has 6 nitrogen and oxygen atoms in total. The Kier molecular flexibility index (Phi) is 5.00. The Morgan fingerprint density at radius 1 is 1.00 bits per heavy atom. The first-order valence-electron chi connectivity index (χ1n) is 7.96. The van der Waals surface area contributed by atoms with Crippen molar-refractivity contribution >= 4 is 5.95 Å². The summed E-state index contributed by atoms with van der Waals surface area (Å²) < 4.78 is 0. The number of rotatable bonds is 4. The van der Waals surface area contributed by atoms with Crippen LogP contribution in [0, 0.1) is 0 Å². The van der Waals surface area contributed by atoms with E-state index in [9.17, 15) is 0 Å². The smallest absolute Gasteiger partial charge is 0.225 e. The van der Waals surface area contributed by atoms with Crippen molar-refractivity contribution in [1.82, 2.24) is 19.8 Å². The highest BCUT2D eigenvalue weighted by Gasteiger charge is 2.27. The number of aromatic nitrogens is 2. The van der Waals surface area contributed by atoms with E-state index in [0.717, 1.165) is 51.8 Å². The van der Waals surface area contributed by atoms with Crippen molar-refractivity contribution in [3.05, 3.63) is 18.5 Å². The molecular formula is C15H25N5O. The van der Waals surface area contributed by atoms with Gasteiger partial charge in [-0.05, 0) is 18.9 Å². The standard InChI is InChI=1S/C15H25N5O/c21-13-12-18-8-10-19(11-9-18)14-2-6-20(7-3-14)15-16-4-1-5-17-15/h1,4-5,14,21H,2-3,6-13H2. The van der Waals surface area contributed by atoms with Crippen molar-refractivity contribution in [3.63, 3.8) is 0 Å². The molecule has 0 atom stereocenters. The van der Waals surface area contributed by atoms with E-state index >= 15 is 0 Å². The van der Waals surface area contributed by atoms with Crippen LogP contribution in [0.4, 0.5) is 5.95 Å². The van der Waals surface area contributed by atoms with Crippen LogP contribution < -0.4 is 4.90 Å². The number of hydrogen-bond donors (Lipinski definition) is 1. The molecule has 0 unspecified atom stereocenters. The van der Waals surface area contributed by atoms with E-state index in [1.165, 1.54) is 12.8 Å². The zero-order valence-electron chi connectivity index (χ0n) is 12.6. The lowest BCUT2D eigenvalue weighted by Gasteiger charge is -2.42. The summed E-state index contributed by atoms with van der Waals surface area (Å²) in [6, 6.07) is 2.56. The number of aliphatic hydroxyl groups excluding tert-OH is 1. The number of anilines is 1. The van der Waals surface area contributed by atoms with Crippen molar-refractivity contribution in [3.8, 4) is 0 Å². The second kappa shape index (κ2) is 7.15. The first-order chi connectivity index (χ1) is 10.4. The summed E-state index contributed by atoms with van der Waals surface area (Å²) in [4.78, 5) is 15.9. The molecular weight excluding hydrogens is 266 g/mol. The molecule has 3 heterocycles. The lowest BCUT2D eigenvalue weighted by molar-refractivity contribution is 0.0746. The van der Waals surface area contributed by atoms with Gasteiger partial charge < -0.3 is 10.0 Å². The van der Waals surface area contributed by atoms with E-state index < -0.39 is 0 Å². The summed E-state index contributed by atoms with van der Waals surface area (Å²) in [5, 5.41) is 9.00. The highest BCUT2D eigenvalue weighted by molar-refractivity contribution is 5.29. The molecule has 0 radical (unpaired) electrons. The molecule has 0 saturated carbocycles. The van der Waals surface area contributed by atoms with E-state index in [4.69, 9.17) is 5.11 Å². The van der Waals surface area contributed by atoms with Crippen molar-refractivity contribution < 1.29 is 5.11 Å². The third kappa shape index (κ3) is 3.70. The fourth-order valence-corrected chi connectivity index (χ4v) is 3.38. The van der Waals surface area contributed by atoms with Gasteiger partial charge in [0.1, 0.15) is 0 Å². The van der Waals surface area contributed by atoms with Crippen molar-refractivity contribution in [2.45, 2.75) is 18.9 Å². The molecule has 1 N–H and O–H groups in total. The SMILES string of the molecule is OCCN1CCN(C2CCN(c3ncccn3)CC2)CC1. The van der Waals surface area contributed by atoms with Gasteiger partial charge in [-0.3, -0.25) is 9.80 Å². The number of piperidine rings is 1. The molecule has 0 amide bonds. The van der Waals surface area contributed by atoms with Gasteiger partial charge in [0.15, 0.2) is 0 Å². The molecule has 0 aliphatic carbocycles. The van der Waals surface area contributed by atoms with E-state index in [1.54, 1.807) is 0 Å². The maximum absolute atomic E-state index is 9.00. The van der Waals surface area contributed by atoms with Crippen LogP contribution in [0.1, 0.15) is 12.8 Å². The summed E-state index contributed by atoms with van der Waals surface area (Å²) in [5.74, 6) is 0.865. The van der Waals surface area contributed by atoms with Crippen molar-refractivity contribution in [2.24, 2.45) is 0 Å². The third-order valence-electron chi connectivity index (χ3n) is 4.64. The summed E-state index contributed by atoms with van der Waals surface area (Å²) in [6.07, 6.45) is 6.01. The summed E-state index contributed by atoms with van der Waals surface area (Å²) >= 11 is 0. The van der Waals surface area contributed by atoms with Gasteiger partial charge in [0.2, 0.25) is 5.95 Å². The average Bonchev–Trinajstić information content (AvgIpc) is 2.57. The monoisotopic (exact) mass is 291 g/mol. The van der Waals surface area contributed by atoms with Gasteiger partial charge in [-0.15, -0.1) is 0 Å². The Bertz CT molecular complexity index is 413. The van der Waals surface area contributed by atoms with E-state index in [0.29, 0.717) is 6.04 Å². The Morgan fingerprint density at radius 2 is 1.67 bits per heavy atom. The van der Waals surface area contributed by atoms with Crippen LogP contribution in [-0.2, 0) is 0 Å². The number of piperazine rings is 1. The second-order valence-corrected chi connectivity index (χ2v) is 5.87. The molecule has 1 aromatic heterocycles. The maximum Gasteiger partial charge on any atom is 0.225 e. The van der Waals surface area contributed by atoms with Gasteiger partial charge >= 0.3 is 0 Å². The summed E-state index contributed by atoms with van der Waals surface area (Å²) in [7, 11) is 0. The largest absolute Gasteiger partial charge is 0.395 e. The van der Waals surface area contributed by atoms with Gasteiger partial charge in [0.05, 0.1) is 6.61 Å². The fourth-order valence-electron chi connectivity index (χ4n) is 3.38. The van der Waals surface area contributed by atoms with Gasteiger partial charge in [-0.2, -0.15) is 0 Å². The lowest BCUT2D eigenvalue weighted by atomic mass is 10.0. The normalized spacial score (nSPS) is 22.6. The lowest BCUT2D eigenvalue weighted by Crippen LogP contribution is -2.53.